The predicted octanol–water partition coefficient (Wildman–Crippen LogP) is 1.95. The third kappa shape index (κ3) is 3.63. The zero-order valence-electron chi connectivity index (χ0n) is 10.5. The second kappa shape index (κ2) is 6.03. The fraction of sp³-hybridized carbons (Fsp3) is 0.727. The number of rotatable bonds is 6. The molecule has 5 heteroatoms. The van der Waals surface area contributed by atoms with Crippen LogP contribution in [0.2, 0.25) is 0 Å². The van der Waals surface area contributed by atoms with Gasteiger partial charge in [-0.2, -0.15) is 0 Å². The maximum atomic E-state index is 11.2. The number of hydrogen-bond donors (Lipinski definition) is 1. The van der Waals surface area contributed by atoms with E-state index in [1.165, 1.54) is 0 Å². The molecule has 2 atom stereocenters. The molecular weight excluding hydrogens is 222 g/mol. The molecule has 1 aromatic heterocycles. The van der Waals surface area contributed by atoms with Crippen molar-refractivity contribution < 1.29 is 4.21 Å². The number of imidazole rings is 1. The minimum absolute atomic E-state index is 0.214. The molecule has 0 bridgehead atoms. The van der Waals surface area contributed by atoms with E-state index in [4.69, 9.17) is 0 Å². The van der Waals surface area contributed by atoms with Gasteiger partial charge < -0.3 is 9.88 Å². The van der Waals surface area contributed by atoms with Gasteiger partial charge in [0.25, 0.3) is 0 Å². The van der Waals surface area contributed by atoms with Crippen LogP contribution in [-0.2, 0) is 10.8 Å². The summed E-state index contributed by atoms with van der Waals surface area (Å²) < 4.78 is 13.3. The van der Waals surface area contributed by atoms with Crippen LogP contribution in [0.1, 0.15) is 32.0 Å². The summed E-state index contributed by atoms with van der Waals surface area (Å²) in [6.45, 7) is 7.08. The lowest BCUT2D eigenvalue weighted by Gasteiger charge is -2.15. The second-order valence-corrected chi connectivity index (χ2v) is 5.61. The highest BCUT2D eigenvalue weighted by molar-refractivity contribution is 7.84. The lowest BCUT2D eigenvalue weighted by molar-refractivity contribution is 0.600. The molecule has 0 fully saturated rings. The van der Waals surface area contributed by atoms with Crippen LogP contribution in [0.25, 0.3) is 0 Å². The van der Waals surface area contributed by atoms with Crippen molar-refractivity contribution >= 4 is 16.7 Å². The van der Waals surface area contributed by atoms with Crippen molar-refractivity contribution in [3.63, 3.8) is 0 Å². The number of hydrogen-bond acceptors (Lipinski definition) is 3. The smallest absolute Gasteiger partial charge is 0.203 e. The molecule has 0 spiro atoms. The second-order valence-electron chi connectivity index (χ2n) is 4.13. The number of anilines is 1. The van der Waals surface area contributed by atoms with E-state index in [1.54, 1.807) is 6.26 Å². The molecule has 0 aliphatic carbocycles. The van der Waals surface area contributed by atoms with E-state index in [0.717, 1.165) is 24.6 Å². The van der Waals surface area contributed by atoms with Crippen molar-refractivity contribution in [1.29, 1.82) is 0 Å². The molecule has 0 aliphatic rings. The lowest BCUT2D eigenvalue weighted by Crippen LogP contribution is -2.15. The van der Waals surface area contributed by atoms with Crippen molar-refractivity contribution in [2.24, 2.45) is 0 Å². The topological polar surface area (TPSA) is 46.9 Å². The average Bonchev–Trinajstić information content (AvgIpc) is 2.55. The fourth-order valence-electron chi connectivity index (χ4n) is 1.64. The van der Waals surface area contributed by atoms with Crippen LogP contribution < -0.4 is 5.32 Å². The molecule has 16 heavy (non-hydrogen) atoms. The average molecular weight is 243 g/mol. The quantitative estimate of drug-likeness (QED) is 0.830. The van der Waals surface area contributed by atoms with Crippen molar-refractivity contribution in [3.8, 4) is 0 Å². The molecule has 0 saturated heterocycles. The molecule has 0 aromatic carbocycles. The Kier molecular flexibility index (Phi) is 4.99. The first kappa shape index (κ1) is 13.2. The Morgan fingerprint density at radius 2 is 2.31 bits per heavy atom. The third-order valence-corrected chi connectivity index (χ3v) is 3.29. The maximum Gasteiger partial charge on any atom is 0.203 e. The van der Waals surface area contributed by atoms with E-state index in [1.807, 2.05) is 13.1 Å². The van der Waals surface area contributed by atoms with Gasteiger partial charge >= 0.3 is 0 Å². The summed E-state index contributed by atoms with van der Waals surface area (Å²) in [5.74, 6) is 1.55. The Morgan fingerprint density at radius 1 is 1.62 bits per heavy atom. The Balaban J connectivity index is 2.80. The summed E-state index contributed by atoms with van der Waals surface area (Å²) in [7, 11) is -0.777. The van der Waals surface area contributed by atoms with Gasteiger partial charge in [-0.15, -0.1) is 0 Å². The molecule has 4 nitrogen and oxygen atoms in total. The summed E-state index contributed by atoms with van der Waals surface area (Å²) in [4.78, 5) is 4.43. The van der Waals surface area contributed by atoms with Crippen LogP contribution in [0.3, 0.4) is 0 Å². The first-order chi connectivity index (χ1) is 7.54. The highest BCUT2D eigenvalue weighted by Crippen LogP contribution is 2.16. The van der Waals surface area contributed by atoms with Crippen LogP contribution in [0, 0.1) is 6.92 Å². The number of nitrogens with one attached hydrogen (secondary N) is 1. The van der Waals surface area contributed by atoms with Gasteiger partial charge in [-0.1, -0.05) is 6.92 Å². The van der Waals surface area contributed by atoms with E-state index in [-0.39, 0.29) is 6.04 Å². The maximum absolute atomic E-state index is 11.2. The Morgan fingerprint density at radius 3 is 2.88 bits per heavy atom. The van der Waals surface area contributed by atoms with Crippen LogP contribution in [0.5, 0.6) is 0 Å². The normalized spacial score (nSPS) is 14.8. The summed E-state index contributed by atoms with van der Waals surface area (Å²) in [6.07, 6.45) is 4.81. The van der Waals surface area contributed by atoms with Gasteiger partial charge in [0.05, 0.1) is 5.69 Å². The zero-order chi connectivity index (χ0) is 12.1. The number of aryl methyl sites for hydroxylation is 1. The van der Waals surface area contributed by atoms with Crippen LogP contribution in [0.15, 0.2) is 6.20 Å². The lowest BCUT2D eigenvalue weighted by atomic mass is 10.4. The van der Waals surface area contributed by atoms with E-state index in [2.05, 4.69) is 28.7 Å². The van der Waals surface area contributed by atoms with E-state index in [9.17, 15) is 4.21 Å². The molecule has 0 aliphatic heterocycles. The number of nitrogens with zero attached hydrogens (tertiary/aromatic N) is 2. The van der Waals surface area contributed by atoms with Gasteiger partial charge in [0.15, 0.2) is 0 Å². The molecule has 1 aromatic rings. The summed E-state index contributed by atoms with van der Waals surface area (Å²) in [5, 5.41) is 3.29. The van der Waals surface area contributed by atoms with Crippen LogP contribution >= 0.6 is 0 Å². The van der Waals surface area contributed by atoms with Gasteiger partial charge in [-0.25, -0.2) is 4.98 Å². The Hall–Kier alpha value is -0.840. The van der Waals surface area contributed by atoms with E-state index < -0.39 is 10.8 Å². The SMILES string of the molecule is CCCNc1nc(C)cn1C(C)CS(C)=O. The molecular formula is C11H21N3OS. The summed E-state index contributed by atoms with van der Waals surface area (Å²) in [5.41, 5.74) is 0.993. The fourth-order valence-corrected chi connectivity index (χ4v) is 2.48. The minimum Gasteiger partial charge on any atom is -0.356 e. The van der Waals surface area contributed by atoms with Crippen molar-refractivity contribution in [3.05, 3.63) is 11.9 Å². The van der Waals surface area contributed by atoms with Crippen LogP contribution in [-0.4, -0.2) is 32.3 Å². The van der Waals surface area contributed by atoms with Crippen molar-refractivity contribution in [1.82, 2.24) is 9.55 Å². The number of aromatic nitrogens is 2. The standard InChI is InChI=1S/C11H21N3OS/c1-5-6-12-11-13-9(2)7-14(11)10(3)8-16(4)15/h7,10H,5-6,8H2,1-4H3,(H,12,13). The molecule has 0 radical (unpaired) electrons. The molecule has 1 heterocycles. The third-order valence-electron chi connectivity index (χ3n) is 2.34. The molecule has 0 amide bonds. The minimum atomic E-state index is -0.777. The molecule has 92 valence electrons. The van der Waals surface area contributed by atoms with Gasteiger partial charge in [-0.3, -0.25) is 4.21 Å². The molecule has 2 unspecified atom stereocenters. The van der Waals surface area contributed by atoms with Gasteiger partial charge in [-0.05, 0) is 20.3 Å². The molecule has 1 N–H and O–H groups in total. The Labute approximate surface area is 99.9 Å². The highest BCUT2D eigenvalue weighted by atomic mass is 32.2. The van der Waals surface area contributed by atoms with E-state index >= 15 is 0 Å². The van der Waals surface area contributed by atoms with Gasteiger partial charge in [0.2, 0.25) is 5.95 Å². The van der Waals surface area contributed by atoms with Crippen molar-refractivity contribution in [2.45, 2.75) is 33.2 Å². The molecule has 1 rings (SSSR count). The Bertz CT molecular complexity index is 362. The first-order valence-corrected chi connectivity index (χ1v) is 7.36. The summed E-state index contributed by atoms with van der Waals surface area (Å²) >= 11 is 0. The van der Waals surface area contributed by atoms with Gasteiger partial charge in [0, 0.05) is 41.6 Å². The first-order valence-electron chi connectivity index (χ1n) is 5.64. The van der Waals surface area contributed by atoms with Crippen LogP contribution in [0.4, 0.5) is 5.95 Å². The van der Waals surface area contributed by atoms with Crippen molar-refractivity contribution in [2.75, 3.05) is 23.9 Å². The largest absolute Gasteiger partial charge is 0.356 e. The zero-order valence-corrected chi connectivity index (χ0v) is 11.3. The summed E-state index contributed by atoms with van der Waals surface area (Å²) in [6, 6.07) is 0.214. The highest BCUT2D eigenvalue weighted by Gasteiger charge is 2.12. The monoisotopic (exact) mass is 243 g/mol. The predicted molar refractivity (Wildman–Crippen MR) is 69.4 cm³/mol. The van der Waals surface area contributed by atoms with E-state index in [0.29, 0.717) is 5.75 Å². The van der Waals surface area contributed by atoms with Gasteiger partial charge in [0.1, 0.15) is 0 Å². The molecule has 0 saturated carbocycles.